The van der Waals surface area contributed by atoms with Crippen LogP contribution in [0.4, 0.5) is 4.39 Å². The fourth-order valence-electron chi connectivity index (χ4n) is 4.43. The van der Waals surface area contributed by atoms with Crippen LogP contribution in [-0.4, -0.2) is 28.9 Å². The molecule has 160 valence electrons. The number of benzene rings is 2. The fraction of sp³-hybridized carbons (Fsp3) is 0.308. The average molecular weight is 418 g/mol. The third-order valence-corrected chi connectivity index (χ3v) is 5.96. The molecule has 0 saturated carbocycles. The van der Waals surface area contributed by atoms with Gasteiger partial charge in [0.15, 0.2) is 0 Å². The topological polar surface area (TPSA) is 45.2 Å². The van der Waals surface area contributed by atoms with Crippen LogP contribution in [0.1, 0.15) is 37.1 Å². The molecule has 1 amide bonds. The Labute approximate surface area is 183 Å². The zero-order valence-corrected chi connectivity index (χ0v) is 17.8. The molecule has 4 nitrogen and oxygen atoms in total. The molecule has 1 atom stereocenters. The molecule has 5 heteroatoms. The summed E-state index contributed by atoms with van der Waals surface area (Å²) >= 11 is 0. The minimum atomic E-state index is -0.216. The summed E-state index contributed by atoms with van der Waals surface area (Å²) < 4.78 is 13.6. The number of amides is 1. The van der Waals surface area contributed by atoms with Crippen LogP contribution in [-0.2, 0) is 11.3 Å². The lowest BCUT2D eigenvalue weighted by Crippen LogP contribution is -2.40. The van der Waals surface area contributed by atoms with Gasteiger partial charge in [-0.15, -0.1) is 0 Å². The molecule has 2 heterocycles. The van der Waals surface area contributed by atoms with E-state index < -0.39 is 0 Å². The number of piperidine rings is 1. The van der Waals surface area contributed by atoms with Crippen molar-refractivity contribution >= 4 is 5.91 Å². The molecule has 0 radical (unpaired) electrons. The number of pyridine rings is 1. The van der Waals surface area contributed by atoms with E-state index in [2.05, 4.69) is 27.3 Å². The number of carbonyl (C=O) groups is 1. The minimum absolute atomic E-state index is 0.0211. The molecule has 2 aromatic carbocycles. The summed E-state index contributed by atoms with van der Waals surface area (Å²) in [5.74, 6) is 0.132. The van der Waals surface area contributed by atoms with Gasteiger partial charge >= 0.3 is 0 Å². The van der Waals surface area contributed by atoms with Crippen molar-refractivity contribution in [2.75, 3.05) is 13.1 Å². The van der Waals surface area contributed by atoms with Crippen LogP contribution in [0, 0.1) is 11.7 Å². The Hall–Kier alpha value is -3.05. The highest BCUT2D eigenvalue weighted by Gasteiger charge is 2.29. The van der Waals surface area contributed by atoms with Gasteiger partial charge in [0.25, 0.3) is 0 Å². The molecule has 0 bridgehead atoms. The molecule has 3 aromatic rings. The fourth-order valence-corrected chi connectivity index (χ4v) is 4.43. The summed E-state index contributed by atoms with van der Waals surface area (Å²) in [6, 6.07) is 20.9. The Balaban J connectivity index is 1.40. The van der Waals surface area contributed by atoms with Crippen molar-refractivity contribution < 1.29 is 9.18 Å². The minimum Gasteiger partial charge on any atom is -0.348 e. The van der Waals surface area contributed by atoms with Crippen molar-refractivity contribution in [1.82, 2.24) is 15.2 Å². The maximum absolute atomic E-state index is 13.6. The van der Waals surface area contributed by atoms with Crippen LogP contribution in [0.3, 0.4) is 0 Å². The number of nitrogens with one attached hydrogen (secondary N) is 1. The summed E-state index contributed by atoms with van der Waals surface area (Å²) in [5.41, 5.74) is 4.09. The first-order chi connectivity index (χ1) is 15.1. The summed E-state index contributed by atoms with van der Waals surface area (Å²) in [4.78, 5) is 18.7. The van der Waals surface area contributed by atoms with Crippen LogP contribution in [0.15, 0.2) is 72.9 Å². The second kappa shape index (κ2) is 9.84. The van der Waals surface area contributed by atoms with Gasteiger partial charge in [-0.25, -0.2) is 4.39 Å². The highest BCUT2D eigenvalue weighted by Crippen LogP contribution is 2.31. The van der Waals surface area contributed by atoms with E-state index >= 15 is 0 Å². The van der Waals surface area contributed by atoms with Gasteiger partial charge in [0.1, 0.15) is 5.82 Å². The van der Waals surface area contributed by atoms with E-state index in [4.69, 9.17) is 0 Å². The second-order valence-electron chi connectivity index (χ2n) is 8.26. The summed E-state index contributed by atoms with van der Waals surface area (Å²) in [7, 11) is 0. The van der Waals surface area contributed by atoms with Gasteiger partial charge in [-0.1, -0.05) is 36.4 Å². The van der Waals surface area contributed by atoms with E-state index in [1.807, 2.05) is 36.4 Å². The lowest BCUT2D eigenvalue weighted by Gasteiger charge is -2.36. The predicted octanol–water partition coefficient (Wildman–Crippen LogP) is 4.98. The summed E-state index contributed by atoms with van der Waals surface area (Å²) in [5, 5.41) is 3.11. The number of carbonyl (C=O) groups excluding carboxylic acids is 1. The first kappa shape index (κ1) is 21.2. The van der Waals surface area contributed by atoms with Crippen LogP contribution in [0.25, 0.3) is 11.1 Å². The molecule has 0 aliphatic carbocycles. The zero-order chi connectivity index (χ0) is 21.6. The zero-order valence-electron chi connectivity index (χ0n) is 17.8. The smallest absolute Gasteiger partial charge is 0.217 e. The lowest BCUT2D eigenvalue weighted by atomic mass is 9.87. The first-order valence-electron chi connectivity index (χ1n) is 10.8. The number of hydrogen-bond donors (Lipinski definition) is 1. The van der Waals surface area contributed by atoms with E-state index in [0.717, 1.165) is 49.3 Å². The number of aromatic nitrogens is 1. The van der Waals surface area contributed by atoms with Crippen molar-refractivity contribution in [3.8, 4) is 11.1 Å². The molecular weight excluding hydrogens is 389 g/mol. The van der Waals surface area contributed by atoms with E-state index in [1.54, 1.807) is 25.3 Å². The molecule has 4 rings (SSSR count). The van der Waals surface area contributed by atoms with Crippen molar-refractivity contribution in [2.24, 2.45) is 5.92 Å². The Morgan fingerprint density at radius 3 is 2.48 bits per heavy atom. The summed E-state index contributed by atoms with van der Waals surface area (Å²) in [6.07, 6.45) is 3.79. The van der Waals surface area contributed by atoms with Crippen LogP contribution >= 0.6 is 0 Å². The third-order valence-electron chi connectivity index (χ3n) is 5.96. The maximum Gasteiger partial charge on any atom is 0.217 e. The normalized spacial score (nSPS) is 16.1. The van der Waals surface area contributed by atoms with Gasteiger partial charge in [0.2, 0.25) is 5.91 Å². The third kappa shape index (κ3) is 5.56. The van der Waals surface area contributed by atoms with Crippen molar-refractivity contribution in [3.63, 3.8) is 0 Å². The van der Waals surface area contributed by atoms with Crippen LogP contribution in [0.2, 0.25) is 0 Å². The van der Waals surface area contributed by atoms with E-state index in [9.17, 15) is 9.18 Å². The molecule has 1 aliphatic rings. The van der Waals surface area contributed by atoms with E-state index in [1.165, 1.54) is 11.6 Å². The van der Waals surface area contributed by atoms with Crippen molar-refractivity contribution in [3.05, 3.63) is 90.0 Å². The molecule has 1 fully saturated rings. The number of rotatable bonds is 6. The van der Waals surface area contributed by atoms with Gasteiger partial charge < -0.3 is 5.32 Å². The Morgan fingerprint density at radius 2 is 1.81 bits per heavy atom. The van der Waals surface area contributed by atoms with Gasteiger partial charge in [-0.3, -0.25) is 14.7 Å². The van der Waals surface area contributed by atoms with Gasteiger partial charge in [0.05, 0.1) is 11.7 Å². The number of hydrogen-bond acceptors (Lipinski definition) is 3. The number of halogens is 1. The van der Waals surface area contributed by atoms with Crippen LogP contribution < -0.4 is 5.32 Å². The predicted molar refractivity (Wildman–Crippen MR) is 121 cm³/mol. The maximum atomic E-state index is 13.6. The molecule has 1 saturated heterocycles. The Bertz CT molecular complexity index is 1020. The van der Waals surface area contributed by atoms with Crippen LogP contribution in [0.5, 0.6) is 0 Å². The van der Waals surface area contributed by atoms with Gasteiger partial charge in [0, 0.05) is 19.7 Å². The molecule has 1 aromatic heterocycles. The molecule has 31 heavy (non-hydrogen) atoms. The van der Waals surface area contributed by atoms with Gasteiger partial charge in [-0.2, -0.15) is 0 Å². The summed E-state index contributed by atoms with van der Waals surface area (Å²) in [6.45, 7) is 4.37. The van der Waals surface area contributed by atoms with Gasteiger partial charge in [-0.05, 0) is 78.9 Å². The quantitative estimate of drug-likeness (QED) is 0.615. The molecular formula is C26H28FN3O. The number of likely N-dealkylation sites (tertiary alicyclic amines) is 1. The highest BCUT2D eigenvalue weighted by atomic mass is 19.1. The second-order valence-corrected chi connectivity index (χ2v) is 8.26. The average Bonchev–Trinajstić information content (AvgIpc) is 2.79. The lowest BCUT2D eigenvalue weighted by molar-refractivity contribution is -0.120. The first-order valence-corrected chi connectivity index (χ1v) is 10.8. The van der Waals surface area contributed by atoms with Crippen molar-refractivity contribution in [2.45, 2.75) is 32.4 Å². The monoisotopic (exact) mass is 417 g/mol. The van der Waals surface area contributed by atoms with E-state index in [-0.39, 0.29) is 17.8 Å². The molecule has 1 N–H and O–H groups in total. The molecule has 0 spiro atoms. The number of nitrogens with zero attached hydrogens (tertiary/aromatic N) is 2. The molecule has 1 aliphatic heterocycles. The Morgan fingerprint density at radius 1 is 1.06 bits per heavy atom. The Kier molecular flexibility index (Phi) is 6.73. The standard InChI is InChI=1S/C26H28FN3O/c1-19(31)29-26(25-10-2-3-13-28-25)21-11-14-30(15-12-21)18-20-6-4-7-22(16-20)23-8-5-9-24(27)17-23/h2-10,13,16-17,21,26H,11-12,14-15,18H2,1H3,(H,29,31). The molecule has 1 unspecified atom stereocenters. The largest absolute Gasteiger partial charge is 0.348 e. The highest BCUT2D eigenvalue weighted by molar-refractivity contribution is 5.73. The van der Waals surface area contributed by atoms with E-state index in [0.29, 0.717) is 5.92 Å². The van der Waals surface area contributed by atoms with Crippen molar-refractivity contribution in [1.29, 1.82) is 0 Å². The SMILES string of the molecule is CC(=O)NC(c1ccccn1)C1CCN(Cc2cccc(-c3cccc(F)c3)c2)CC1.